The van der Waals surface area contributed by atoms with Gasteiger partial charge in [0.05, 0.1) is 12.0 Å². The van der Waals surface area contributed by atoms with Crippen molar-refractivity contribution in [2.45, 2.75) is 81.9 Å². The number of nitrogens with one attached hydrogen (secondary N) is 2. The maximum atomic E-state index is 13.0. The summed E-state index contributed by atoms with van der Waals surface area (Å²) in [6.07, 6.45) is 10.4. The topological polar surface area (TPSA) is 105 Å². The molecule has 0 heterocycles. The molecule has 0 saturated carbocycles. The zero-order valence-corrected chi connectivity index (χ0v) is 24.1. The van der Waals surface area contributed by atoms with Gasteiger partial charge in [0.2, 0.25) is 15.9 Å². The lowest BCUT2D eigenvalue weighted by Gasteiger charge is -2.17. The molecule has 9 heteroatoms. The van der Waals surface area contributed by atoms with Crippen molar-refractivity contribution in [3.05, 3.63) is 36.4 Å². The molecule has 38 heavy (non-hydrogen) atoms. The van der Waals surface area contributed by atoms with Gasteiger partial charge >= 0.3 is 5.97 Å². The Morgan fingerprint density at radius 3 is 2.03 bits per heavy atom. The number of unbranched alkanes of at least 4 members (excludes halogenated alkanes) is 8. The molecule has 0 aliphatic rings. The number of fused-ring (bicyclic) bond motifs is 1. The number of ether oxygens (including phenoxy) is 1. The van der Waals surface area contributed by atoms with Crippen LogP contribution in [0.15, 0.2) is 41.3 Å². The van der Waals surface area contributed by atoms with Gasteiger partial charge in [-0.2, -0.15) is 0 Å². The summed E-state index contributed by atoms with van der Waals surface area (Å²) in [5.74, 6) is -0.0856. The van der Waals surface area contributed by atoms with Crippen LogP contribution in [-0.2, 0) is 24.3 Å². The molecule has 0 bridgehead atoms. The third-order valence-corrected chi connectivity index (χ3v) is 8.13. The fourth-order valence-corrected chi connectivity index (χ4v) is 5.75. The fourth-order valence-electron chi connectivity index (χ4n) is 4.46. The summed E-state index contributed by atoms with van der Waals surface area (Å²) in [7, 11) is 1.71. The molecule has 0 aromatic heterocycles. The van der Waals surface area contributed by atoms with Crippen molar-refractivity contribution in [3.63, 3.8) is 0 Å². The van der Waals surface area contributed by atoms with E-state index in [2.05, 4.69) is 14.8 Å². The third kappa shape index (κ3) is 11.0. The highest BCUT2D eigenvalue weighted by Gasteiger charge is 2.18. The molecule has 2 rings (SSSR count). The molecular weight excluding hydrogens is 502 g/mol. The minimum atomic E-state index is -3.59. The van der Waals surface area contributed by atoms with Gasteiger partial charge in [-0.1, -0.05) is 62.8 Å². The van der Waals surface area contributed by atoms with Crippen LogP contribution in [0, 0.1) is 0 Å². The van der Waals surface area contributed by atoms with Crippen LogP contribution >= 0.6 is 0 Å². The Hall–Kier alpha value is -2.65. The van der Waals surface area contributed by atoms with E-state index in [0.717, 1.165) is 80.7 Å². The SMILES string of the molecule is COC(=O)CCCCCCC(=O)NCCCCCCCCNS(=O)(=O)c1cccc2c(N(C)C)cccc12. The molecule has 1 amide bonds. The molecule has 0 saturated heterocycles. The van der Waals surface area contributed by atoms with E-state index in [0.29, 0.717) is 30.8 Å². The number of carbonyl (C=O) groups excluding carboxylic acids is 2. The minimum Gasteiger partial charge on any atom is -0.469 e. The van der Waals surface area contributed by atoms with Gasteiger partial charge in [0.15, 0.2) is 0 Å². The van der Waals surface area contributed by atoms with Crippen molar-refractivity contribution in [1.29, 1.82) is 0 Å². The number of hydrogen-bond donors (Lipinski definition) is 2. The van der Waals surface area contributed by atoms with Crippen LogP contribution in [0.1, 0.15) is 77.0 Å². The van der Waals surface area contributed by atoms with E-state index >= 15 is 0 Å². The van der Waals surface area contributed by atoms with E-state index in [9.17, 15) is 18.0 Å². The van der Waals surface area contributed by atoms with Gasteiger partial charge in [-0.3, -0.25) is 9.59 Å². The molecule has 0 atom stereocenters. The van der Waals surface area contributed by atoms with Gasteiger partial charge in [0, 0.05) is 56.5 Å². The molecule has 2 aromatic carbocycles. The van der Waals surface area contributed by atoms with Crippen molar-refractivity contribution >= 4 is 38.4 Å². The maximum absolute atomic E-state index is 13.0. The Morgan fingerprint density at radius 1 is 0.763 bits per heavy atom. The van der Waals surface area contributed by atoms with Gasteiger partial charge in [0.25, 0.3) is 0 Å². The van der Waals surface area contributed by atoms with Gasteiger partial charge in [-0.05, 0) is 37.8 Å². The van der Waals surface area contributed by atoms with E-state index in [1.54, 1.807) is 12.1 Å². The second-order valence-corrected chi connectivity index (χ2v) is 11.6. The Balaban J connectivity index is 1.54. The Morgan fingerprint density at radius 2 is 1.34 bits per heavy atom. The number of sulfonamides is 1. The number of amides is 1. The highest BCUT2D eigenvalue weighted by molar-refractivity contribution is 7.89. The molecule has 2 aromatic rings. The summed E-state index contributed by atoms with van der Waals surface area (Å²) in [5, 5.41) is 4.62. The average molecular weight is 548 g/mol. The van der Waals surface area contributed by atoms with E-state index in [4.69, 9.17) is 0 Å². The van der Waals surface area contributed by atoms with E-state index in [1.807, 2.05) is 43.3 Å². The molecule has 0 fully saturated rings. The largest absolute Gasteiger partial charge is 0.469 e. The Kier molecular flexibility index (Phi) is 14.2. The van der Waals surface area contributed by atoms with Crippen LogP contribution in [0.2, 0.25) is 0 Å². The third-order valence-electron chi connectivity index (χ3n) is 6.61. The van der Waals surface area contributed by atoms with Gasteiger partial charge in [0.1, 0.15) is 0 Å². The highest BCUT2D eigenvalue weighted by atomic mass is 32.2. The van der Waals surface area contributed by atoms with Crippen molar-refractivity contribution in [1.82, 2.24) is 10.0 Å². The average Bonchev–Trinajstić information content (AvgIpc) is 2.90. The van der Waals surface area contributed by atoms with Crippen molar-refractivity contribution in [2.24, 2.45) is 0 Å². The van der Waals surface area contributed by atoms with Gasteiger partial charge in [-0.15, -0.1) is 0 Å². The van der Waals surface area contributed by atoms with Crippen LogP contribution < -0.4 is 14.9 Å². The minimum absolute atomic E-state index is 0.0920. The number of methoxy groups -OCH3 is 1. The van der Waals surface area contributed by atoms with Crippen LogP contribution in [-0.4, -0.2) is 54.6 Å². The summed E-state index contributed by atoms with van der Waals surface area (Å²) in [5.41, 5.74) is 0.989. The van der Waals surface area contributed by atoms with Crippen molar-refractivity contribution in [2.75, 3.05) is 39.2 Å². The number of rotatable bonds is 19. The molecule has 0 aliphatic heterocycles. The van der Waals surface area contributed by atoms with E-state index in [-0.39, 0.29) is 11.9 Å². The maximum Gasteiger partial charge on any atom is 0.305 e. The number of benzene rings is 2. The number of hydrogen-bond acceptors (Lipinski definition) is 6. The predicted octanol–water partition coefficient (Wildman–Crippen LogP) is 5.15. The Labute approximate surface area is 228 Å². The predicted molar refractivity (Wildman–Crippen MR) is 154 cm³/mol. The lowest BCUT2D eigenvalue weighted by molar-refractivity contribution is -0.140. The summed E-state index contributed by atoms with van der Waals surface area (Å²) in [6, 6.07) is 11.1. The van der Waals surface area contributed by atoms with Gasteiger partial charge in [-0.25, -0.2) is 13.1 Å². The second kappa shape index (κ2) is 17.0. The number of anilines is 1. The molecule has 0 radical (unpaired) electrons. The first-order valence-corrected chi connectivity index (χ1v) is 15.3. The number of carbonyl (C=O) groups is 2. The molecular formula is C29H45N3O5S. The number of nitrogens with zero attached hydrogens (tertiary/aromatic N) is 1. The van der Waals surface area contributed by atoms with Crippen LogP contribution in [0.3, 0.4) is 0 Å². The lowest BCUT2D eigenvalue weighted by atomic mass is 10.1. The normalized spacial score (nSPS) is 11.4. The monoisotopic (exact) mass is 547 g/mol. The molecule has 2 N–H and O–H groups in total. The first kappa shape index (κ1) is 31.6. The van der Waals surface area contributed by atoms with Crippen LogP contribution in [0.4, 0.5) is 5.69 Å². The van der Waals surface area contributed by atoms with E-state index < -0.39 is 10.0 Å². The van der Waals surface area contributed by atoms with Crippen molar-refractivity contribution in [3.8, 4) is 0 Å². The highest BCUT2D eigenvalue weighted by Crippen LogP contribution is 2.30. The molecule has 8 nitrogen and oxygen atoms in total. The summed E-state index contributed by atoms with van der Waals surface area (Å²) in [4.78, 5) is 25.2. The zero-order chi connectivity index (χ0) is 27.8. The summed E-state index contributed by atoms with van der Waals surface area (Å²) in [6.45, 7) is 1.12. The van der Waals surface area contributed by atoms with Crippen LogP contribution in [0.5, 0.6) is 0 Å². The first-order chi connectivity index (χ1) is 18.3. The smallest absolute Gasteiger partial charge is 0.305 e. The molecule has 0 aliphatic carbocycles. The molecule has 212 valence electrons. The fraction of sp³-hybridized carbons (Fsp3) is 0.586. The standard InChI is InChI=1S/C29H45N3O5S/c1-32(2)26-18-14-17-25-24(26)16-15-19-27(25)38(35,36)31-23-13-9-5-4-8-12-22-30-28(33)20-10-6-7-11-21-29(34)37-3/h14-19,31H,4-13,20-23H2,1-3H3,(H,30,33). The molecule has 0 spiro atoms. The lowest BCUT2D eigenvalue weighted by Crippen LogP contribution is -2.25. The van der Waals surface area contributed by atoms with E-state index in [1.165, 1.54) is 7.11 Å². The van der Waals surface area contributed by atoms with Crippen LogP contribution in [0.25, 0.3) is 10.8 Å². The van der Waals surface area contributed by atoms with Crippen molar-refractivity contribution < 1.29 is 22.7 Å². The van der Waals surface area contributed by atoms with Gasteiger partial charge < -0.3 is 15.0 Å². The quantitative estimate of drug-likeness (QED) is 0.186. The first-order valence-electron chi connectivity index (χ1n) is 13.8. The second-order valence-electron chi connectivity index (χ2n) is 9.88. The summed E-state index contributed by atoms with van der Waals surface area (Å²) < 4.78 is 33.3. The molecule has 0 unspecified atom stereocenters. The number of esters is 1. The summed E-state index contributed by atoms with van der Waals surface area (Å²) >= 11 is 0. The Bertz CT molecular complexity index is 1120. The zero-order valence-electron chi connectivity index (χ0n) is 23.3.